The molecule has 0 saturated carbocycles. The Morgan fingerprint density at radius 1 is 0.917 bits per heavy atom. The lowest BCUT2D eigenvalue weighted by atomic mass is 10.2. The van der Waals surface area contributed by atoms with E-state index < -0.39 is 0 Å². The molecule has 3 nitrogen and oxygen atoms in total. The highest BCUT2D eigenvalue weighted by Gasteiger charge is 2.00. The molecule has 0 heterocycles. The largest absolute Gasteiger partial charge is 0.493 e. The molecule has 0 bridgehead atoms. The van der Waals surface area contributed by atoms with Gasteiger partial charge in [0.05, 0.1) is 6.61 Å². The first-order valence-electron chi connectivity index (χ1n) is 9.00. The summed E-state index contributed by atoms with van der Waals surface area (Å²) in [5.74, 6) is 0.953. The Hall–Kier alpha value is -1.84. The van der Waals surface area contributed by atoms with Gasteiger partial charge in [0, 0.05) is 26.1 Å². The number of benzene rings is 2. The molecule has 0 spiro atoms. The van der Waals surface area contributed by atoms with Crippen LogP contribution in [0.15, 0.2) is 54.6 Å². The topological polar surface area (TPSA) is 24.5 Å². The zero-order valence-electron chi connectivity index (χ0n) is 15.0. The van der Waals surface area contributed by atoms with Crippen LogP contribution in [0, 0.1) is 0 Å². The van der Waals surface area contributed by atoms with Gasteiger partial charge in [0.15, 0.2) is 0 Å². The van der Waals surface area contributed by atoms with E-state index in [1.165, 1.54) is 11.1 Å². The van der Waals surface area contributed by atoms with Gasteiger partial charge in [-0.25, -0.2) is 0 Å². The van der Waals surface area contributed by atoms with Crippen LogP contribution in [-0.4, -0.2) is 37.7 Å². The molecular formula is C21H30N2O. The molecule has 2 aromatic carbocycles. The molecule has 24 heavy (non-hydrogen) atoms. The van der Waals surface area contributed by atoms with Crippen LogP contribution in [0.2, 0.25) is 0 Å². The Balaban J connectivity index is 1.71. The second-order valence-corrected chi connectivity index (χ2v) is 5.94. The van der Waals surface area contributed by atoms with Gasteiger partial charge in [0.2, 0.25) is 0 Å². The van der Waals surface area contributed by atoms with Crippen molar-refractivity contribution in [3.63, 3.8) is 0 Å². The van der Waals surface area contributed by atoms with Crippen molar-refractivity contribution in [2.24, 2.45) is 0 Å². The highest BCUT2D eigenvalue weighted by molar-refractivity contribution is 5.28. The summed E-state index contributed by atoms with van der Waals surface area (Å²) in [6, 6.07) is 18.8. The number of hydrogen-bond donors (Lipinski definition) is 1. The van der Waals surface area contributed by atoms with E-state index in [9.17, 15) is 0 Å². The molecule has 3 heteroatoms. The van der Waals surface area contributed by atoms with Gasteiger partial charge in [-0.1, -0.05) is 56.3 Å². The van der Waals surface area contributed by atoms with Crippen molar-refractivity contribution in [2.45, 2.75) is 26.8 Å². The summed E-state index contributed by atoms with van der Waals surface area (Å²) in [4.78, 5) is 2.43. The van der Waals surface area contributed by atoms with Crippen LogP contribution in [0.4, 0.5) is 0 Å². The normalized spacial score (nSPS) is 11.0. The summed E-state index contributed by atoms with van der Waals surface area (Å²) in [5, 5.41) is 3.51. The SMILES string of the molecule is CCN(CC)CCNCc1cccc(OCCc2ccccc2)c1. The Bertz CT molecular complexity index is 567. The summed E-state index contributed by atoms with van der Waals surface area (Å²) < 4.78 is 5.89. The number of rotatable bonds is 11. The molecule has 0 aliphatic heterocycles. The fraction of sp³-hybridized carbons (Fsp3) is 0.429. The van der Waals surface area contributed by atoms with Crippen molar-refractivity contribution in [3.8, 4) is 5.75 Å². The van der Waals surface area contributed by atoms with Crippen molar-refractivity contribution in [2.75, 3.05) is 32.8 Å². The number of hydrogen-bond acceptors (Lipinski definition) is 3. The Morgan fingerprint density at radius 3 is 2.42 bits per heavy atom. The van der Waals surface area contributed by atoms with Crippen molar-refractivity contribution in [1.82, 2.24) is 10.2 Å². The lowest BCUT2D eigenvalue weighted by Gasteiger charge is -2.18. The van der Waals surface area contributed by atoms with E-state index >= 15 is 0 Å². The maximum atomic E-state index is 5.89. The molecule has 0 atom stereocenters. The number of nitrogens with one attached hydrogen (secondary N) is 1. The van der Waals surface area contributed by atoms with E-state index in [2.05, 4.69) is 66.5 Å². The van der Waals surface area contributed by atoms with Crippen LogP contribution < -0.4 is 10.1 Å². The molecule has 0 fully saturated rings. The predicted molar refractivity (Wildman–Crippen MR) is 102 cm³/mol. The zero-order chi connectivity index (χ0) is 17.0. The van der Waals surface area contributed by atoms with Crippen LogP contribution in [0.5, 0.6) is 5.75 Å². The molecule has 0 amide bonds. The van der Waals surface area contributed by atoms with Crippen LogP contribution >= 0.6 is 0 Å². The quantitative estimate of drug-likeness (QED) is 0.637. The Kier molecular flexibility index (Phi) is 8.36. The first kappa shape index (κ1) is 18.5. The lowest BCUT2D eigenvalue weighted by molar-refractivity contribution is 0.302. The van der Waals surface area contributed by atoms with Crippen molar-refractivity contribution >= 4 is 0 Å². The first-order valence-corrected chi connectivity index (χ1v) is 9.00. The minimum atomic E-state index is 0.711. The molecule has 0 saturated heterocycles. The van der Waals surface area contributed by atoms with Crippen LogP contribution in [0.3, 0.4) is 0 Å². The monoisotopic (exact) mass is 326 g/mol. The van der Waals surface area contributed by atoms with Gasteiger partial charge in [0.1, 0.15) is 5.75 Å². The molecule has 0 radical (unpaired) electrons. The number of likely N-dealkylation sites (N-methyl/N-ethyl adjacent to an activating group) is 1. The van der Waals surface area contributed by atoms with Gasteiger partial charge in [0.25, 0.3) is 0 Å². The summed E-state index contributed by atoms with van der Waals surface area (Å²) in [5.41, 5.74) is 2.58. The van der Waals surface area contributed by atoms with Gasteiger partial charge in [-0.3, -0.25) is 0 Å². The van der Waals surface area contributed by atoms with Gasteiger partial charge in [-0.05, 0) is 36.3 Å². The maximum absolute atomic E-state index is 5.89. The van der Waals surface area contributed by atoms with E-state index in [0.29, 0.717) is 6.61 Å². The molecule has 0 aliphatic rings. The third-order valence-electron chi connectivity index (χ3n) is 4.23. The van der Waals surface area contributed by atoms with E-state index in [4.69, 9.17) is 4.74 Å². The molecule has 1 N–H and O–H groups in total. The summed E-state index contributed by atoms with van der Waals surface area (Å²) in [7, 11) is 0. The van der Waals surface area contributed by atoms with Crippen molar-refractivity contribution < 1.29 is 4.74 Å². The first-order chi connectivity index (χ1) is 11.8. The summed E-state index contributed by atoms with van der Waals surface area (Å²) >= 11 is 0. The van der Waals surface area contributed by atoms with E-state index in [-0.39, 0.29) is 0 Å². The fourth-order valence-corrected chi connectivity index (χ4v) is 2.69. The zero-order valence-corrected chi connectivity index (χ0v) is 15.0. The molecule has 130 valence electrons. The van der Waals surface area contributed by atoms with E-state index in [0.717, 1.165) is 44.9 Å². The molecular weight excluding hydrogens is 296 g/mol. The average molecular weight is 326 g/mol. The molecule has 2 aromatic rings. The van der Waals surface area contributed by atoms with Crippen LogP contribution in [0.1, 0.15) is 25.0 Å². The average Bonchev–Trinajstić information content (AvgIpc) is 2.63. The Labute approximate surface area is 146 Å². The van der Waals surface area contributed by atoms with Crippen molar-refractivity contribution in [1.29, 1.82) is 0 Å². The van der Waals surface area contributed by atoms with Crippen LogP contribution in [-0.2, 0) is 13.0 Å². The lowest BCUT2D eigenvalue weighted by Crippen LogP contribution is -2.31. The summed E-state index contributed by atoms with van der Waals surface area (Å²) in [6.07, 6.45) is 0.938. The number of ether oxygens (including phenoxy) is 1. The fourth-order valence-electron chi connectivity index (χ4n) is 2.69. The van der Waals surface area contributed by atoms with Gasteiger partial charge in [-0.15, -0.1) is 0 Å². The molecule has 0 unspecified atom stereocenters. The van der Waals surface area contributed by atoms with Crippen LogP contribution in [0.25, 0.3) is 0 Å². The maximum Gasteiger partial charge on any atom is 0.119 e. The standard InChI is InChI=1S/C21H30N2O/c1-3-23(4-2)15-14-22-18-20-11-8-12-21(17-20)24-16-13-19-9-6-5-7-10-19/h5-12,17,22H,3-4,13-16,18H2,1-2H3. The van der Waals surface area contributed by atoms with Gasteiger partial charge < -0.3 is 15.0 Å². The third-order valence-corrected chi connectivity index (χ3v) is 4.23. The van der Waals surface area contributed by atoms with Gasteiger partial charge >= 0.3 is 0 Å². The summed E-state index contributed by atoms with van der Waals surface area (Å²) in [6.45, 7) is 10.4. The Morgan fingerprint density at radius 2 is 1.67 bits per heavy atom. The number of nitrogens with zero attached hydrogens (tertiary/aromatic N) is 1. The highest BCUT2D eigenvalue weighted by Crippen LogP contribution is 2.13. The minimum absolute atomic E-state index is 0.711. The highest BCUT2D eigenvalue weighted by atomic mass is 16.5. The third kappa shape index (κ3) is 6.73. The predicted octanol–water partition coefficient (Wildman–Crippen LogP) is 3.74. The van der Waals surface area contributed by atoms with Crippen molar-refractivity contribution in [3.05, 3.63) is 65.7 Å². The second kappa shape index (κ2) is 10.8. The van der Waals surface area contributed by atoms with E-state index in [1.54, 1.807) is 0 Å². The molecule has 0 aliphatic carbocycles. The molecule has 2 rings (SSSR count). The van der Waals surface area contributed by atoms with E-state index in [1.807, 2.05) is 12.1 Å². The van der Waals surface area contributed by atoms with Gasteiger partial charge in [-0.2, -0.15) is 0 Å². The smallest absolute Gasteiger partial charge is 0.119 e. The minimum Gasteiger partial charge on any atom is -0.493 e. The second-order valence-electron chi connectivity index (χ2n) is 5.94. The molecule has 0 aromatic heterocycles.